The molecule has 0 aromatic heterocycles. The fourth-order valence-corrected chi connectivity index (χ4v) is 2.13. The average molecular weight is 239 g/mol. The first-order chi connectivity index (χ1) is 8.06. The van der Waals surface area contributed by atoms with Gasteiger partial charge in [-0.1, -0.05) is 6.08 Å². The van der Waals surface area contributed by atoms with Gasteiger partial charge in [0.25, 0.3) is 0 Å². The van der Waals surface area contributed by atoms with E-state index in [9.17, 15) is 4.79 Å². The third-order valence-electron chi connectivity index (χ3n) is 3.43. The van der Waals surface area contributed by atoms with Crippen molar-refractivity contribution in [1.82, 2.24) is 15.1 Å². The van der Waals surface area contributed by atoms with E-state index in [-0.39, 0.29) is 11.9 Å². The maximum absolute atomic E-state index is 11.8. The Bertz CT molecular complexity index is 257. The maximum atomic E-state index is 11.8. The molecule has 1 atom stereocenters. The van der Waals surface area contributed by atoms with Gasteiger partial charge in [0.1, 0.15) is 0 Å². The normalized spacial score (nSPS) is 20.2. The van der Waals surface area contributed by atoms with Gasteiger partial charge >= 0.3 is 0 Å². The van der Waals surface area contributed by atoms with Crippen LogP contribution in [0.25, 0.3) is 0 Å². The SMILES string of the molecule is C=CCNC(=O)[C@H](C)N1CCN(C(C)C)CC1. The fourth-order valence-electron chi connectivity index (χ4n) is 2.13. The van der Waals surface area contributed by atoms with Gasteiger partial charge in [-0.15, -0.1) is 6.58 Å². The Balaban J connectivity index is 2.37. The largest absolute Gasteiger partial charge is 0.351 e. The summed E-state index contributed by atoms with van der Waals surface area (Å²) in [4.78, 5) is 16.5. The monoisotopic (exact) mass is 239 g/mol. The lowest BCUT2D eigenvalue weighted by Crippen LogP contribution is -2.55. The maximum Gasteiger partial charge on any atom is 0.237 e. The molecule has 0 unspecified atom stereocenters. The summed E-state index contributed by atoms with van der Waals surface area (Å²) < 4.78 is 0. The smallest absolute Gasteiger partial charge is 0.237 e. The predicted octanol–water partition coefficient (Wildman–Crippen LogP) is 0.703. The lowest BCUT2D eigenvalue weighted by Gasteiger charge is -2.39. The van der Waals surface area contributed by atoms with Crippen LogP contribution in [0.2, 0.25) is 0 Å². The molecule has 4 nitrogen and oxygen atoms in total. The molecule has 0 radical (unpaired) electrons. The van der Waals surface area contributed by atoms with E-state index in [0.717, 1.165) is 26.2 Å². The van der Waals surface area contributed by atoms with Crippen molar-refractivity contribution >= 4 is 5.91 Å². The van der Waals surface area contributed by atoms with Crippen molar-refractivity contribution in [3.05, 3.63) is 12.7 Å². The minimum absolute atomic E-state index is 0.0377. The van der Waals surface area contributed by atoms with Crippen LogP contribution in [-0.4, -0.2) is 60.5 Å². The third kappa shape index (κ3) is 4.13. The molecule has 0 aromatic rings. The van der Waals surface area contributed by atoms with Crippen LogP contribution < -0.4 is 5.32 Å². The number of hydrogen-bond acceptors (Lipinski definition) is 3. The highest BCUT2D eigenvalue weighted by molar-refractivity contribution is 5.81. The summed E-state index contributed by atoms with van der Waals surface area (Å²) in [7, 11) is 0. The van der Waals surface area contributed by atoms with Crippen molar-refractivity contribution in [2.75, 3.05) is 32.7 Å². The van der Waals surface area contributed by atoms with Gasteiger partial charge in [0.15, 0.2) is 0 Å². The molecular formula is C13H25N3O. The zero-order valence-corrected chi connectivity index (χ0v) is 11.3. The second-order valence-electron chi connectivity index (χ2n) is 4.88. The second-order valence-corrected chi connectivity index (χ2v) is 4.88. The molecule has 98 valence electrons. The van der Waals surface area contributed by atoms with Crippen LogP contribution >= 0.6 is 0 Å². The van der Waals surface area contributed by atoms with Gasteiger partial charge < -0.3 is 5.32 Å². The van der Waals surface area contributed by atoms with Crippen molar-refractivity contribution in [3.8, 4) is 0 Å². The molecule has 1 N–H and O–H groups in total. The van der Waals surface area contributed by atoms with Crippen molar-refractivity contribution in [2.45, 2.75) is 32.9 Å². The Hall–Kier alpha value is -0.870. The minimum atomic E-state index is -0.0377. The number of carbonyl (C=O) groups excluding carboxylic acids is 1. The molecule has 1 aliphatic heterocycles. The molecule has 0 aliphatic carbocycles. The van der Waals surface area contributed by atoms with Crippen LogP contribution in [0, 0.1) is 0 Å². The summed E-state index contributed by atoms with van der Waals surface area (Å²) >= 11 is 0. The van der Waals surface area contributed by atoms with Crippen LogP contribution in [-0.2, 0) is 4.79 Å². The number of piperazine rings is 1. The van der Waals surface area contributed by atoms with Crippen molar-refractivity contribution < 1.29 is 4.79 Å². The molecule has 0 spiro atoms. The Morgan fingerprint density at radius 2 is 1.76 bits per heavy atom. The lowest BCUT2D eigenvalue weighted by molar-refractivity contribution is -0.126. The van der Waals surface area contributed by atoms with E-state index in [1.165, 1.54) is 0 Å². The van der Waals surface area contributed by atoms with Gasteiger partial charge in [-0.2, -0.15) is 0 Å². The molecule has 1 heterocycles. The van der Waals surface area contributed by atoms with Gasteiger partial charge in [-0.25, -0.2) is 0 Å². The van der Waals surface area contributed by atoms with Crippen LogP contribution in [0.1, 0.15) is 20.8 Å². The van der Waals surface area contributed by atoms with Gasteiger partial charge in [-0.05, 0) is 20.8 Å². The van der Waals surface area contributed by atoms with Crippen LogP contribution in [0.4, 0.5) is 0 Å². The summed E-state index contributed by atoms with van der Waals surface area (Å²) in [6.45, 7) is 14.6. The standard InChI is InChI=1S/C13H25N3O/c1-5-6-14-13(17)12(4)16-9-7-15(8-10-16)11(2)3/h5,11-12H,1,6-10H2,2-4H3,(H,14,17)/t12-/m0/s1. The first kappa shape index (κ1) is 14.2. The Morgan fingerprint density at radius 3 is 2.24 bits per heavy atom. The molecule has 17 heavy (non-hydrogen) atoms. The van der Waals surface area contributed by atoms with Gasteiger partial charge in [-0.3, -0.25) is 14.6 Å². The average Bonchev–Trinajstić information content (AvgIpc) is 2.35. The first-order valence-corrected chi connectivity index (χ1v) is 6.43. The Morgan fingerprint density at radius 1 is 1.24 bits per heavy atom. The summed E-state index contributed by atoms with van der Waals surface area (Å²) in [5.74, 6) is 0.0999. The van der Waals surface area contributed by atoms with E-state index < -0.39 is 0 Å². The highest BCUT2D eigenvalue weighted by Gasteiger charge is 2.25. The quantitative estimate of drug-likeness (QED) is 0.718. The molecule has 1 fully saturated rings. The van der Waals surface area contributed by atoms with E-state index >= 15 is 0 Å². The van der Waals surface area contributed by atoms with Gasteiger partial charge in [0.05, 0.1) is 6.04 Å². The molecule has 1 rings (SSSR count). The highest BCUT2D eigenvalue weighted by atomic mass is 16.2. The van der Waals surface area contributed by atoms with Crippen LogP contribution in [0.3, 0.4) is 0 Å². The third-order valence-corrected chi connectivity index (χ3v) is 3.43. The number of nitrogens with one attached hydrogen (secondary N) is 1. The summed E-state index contributed by atoms with van der Waals surface area (Å²) in [6.07, 6.45) is 1.71. The van der Waals surface area contributed by atoms with Crippen molar-refractivity contribution in [1.29, 1.82) is 0 Å². The van der Waals surface area contributed by atoms with E-state index in [0.29, 0.717) is 12.6 Å². The summed E-state index contributed by atoms with van der Waals surface area (Å²) in [6, 6.07) is 0.561. The van der Waals surface area contributed by atoms with E-state index in [4.69, 9.17) is 0 Å². The number of rotatable bonds is 5. The van der Waals surface area contributed by atoms with Crippen LogP contribution in [0.15, 0.2) is 12.7 Å². The molecule has 0 bridgehead atoms. The number of carbonyl (C=O) groups is 1. The Labute approximate surface area is 105 Å². The lowest BCUT2D eigenvalue weighted by atomic mass is 10.2. The first-order valence-electron chi connectivity index (χ1n) is 6.43. The fraction of sp³-hybridized carbons (Fsp3) is 0.769. The van der Waals surface area contributed by atoms with Crippen molar-refractivity contribution in [2.24, 2.45) is 0 Å². The summed E-state index contributed by atoms with van der Waals surface area (Å²) in [5.41, 5.74) is 0. The predicted molar refractivity (Wildman–Crippen MR) is 71.0 cm³/mol. The van der Waals surface area contributed by atoms with E-state index in [1.807, 2.05) is 6.92 Å². The summed E-state index contributed by atoms with van der Waals surface area (Å²) in [5, 5.41) is 2.85. The molecule has 1 saturated heterocycles. The van der Waals surface area contributed by atoms with Gasteiger partial charge in [0, 0.05) is 38.8 Å². The number of nitrogens with zero attached hydrogens (tertiary/aromatic N) is 2. The highest BCUT2D eigenvalue weighted by Crippen LogP contribution is 2.09. The molecule has 1 amide bonds. The topological polar surface area (TPSA) is 35.6 Å². The molecule has 0 aromatic carbocycles. The van der Waals surface area contributed by atoms with Gasteiger partial charge in [0.2, 0.25) is 5.91 Å². The molecule has 4 heteroatoms. The molecule has 0 saturated carbocycles. The Kier molecular flexibility index (Phi) is 5.65. The second kappa shape index (κ2) is 6.77. The van der Waals surface area contributed by atoms with Crippen molar-refractivity contribution in [3.63, 3.8) is 0 Å². The van der Waals surface area contributed by atoms with E-state index in [2.05, 4.69) is 35.5 Å². The zero-order chi connectivity index (χ0) is 12.8. The number of hydrogen-bond donors (Lipinski definition) is 1. The van der Waals surface area contributed by atoms with Crippen LogP contribution in [0.5, 0.6) is 0 Å². The minimum Gasteiger partial charge on any atom is -0.351 e. The number of amides is 1. The molecular weight excluding hydrogens is 214 g/mol. The molecule has 1 aliphatic rings. The zero-order valence-electron chi connectivity index (χ0n) is 11.3. The van der Waals surface area contributed by atoms with E-state index in [1.54, 1.807) is 6.08 Å².